The molecule has 5 rings (SSSR count). The number of hydrogen-bond donors (Lipinski definition) is 2. The molecule has 0 unspecified atom stereocenters. The van der Waals surface area contributed by atoms with Gasteiger partial charge in [-0.1, -0.05) is 6.07 Å². The number of nitrogens with zero attached hydrogens (tertiary/aromatic N) is 5. The second-order valence-corrected chi connectivity index (χ2v) is 7.00. The van der Waals surface area contributed by atoms with Crippen molar-refractivity contribution in [1.29, 1.82) is 0 Å². The molecule has 0 aliphatic carbocycles. The summed E-state index contributed by atoms with van der Waals surface area (Å²) >= 11 is 0. The Morgan fingerprint density at radius 1 is 1.00 bits per heavy atom. The first-order chi connectivity index (χ1) is 13.7. The summed E-state index contributed by atoms with van der Waals surface area (Å²) in [4.78, 5) is 11.1. The van der Waals surface area contributed by atoms with Crippen LogP contribution in [0.3, 0.4) is 0 Å². The van der Waals surface area contributed by atoms with Gasteiger partial charge in [0, 0.05) is 35.8 Å². The minimum absolute atomic E-state index is 0.720. The Bertz CT molecular complexity index is 1120. The van der Waals surface area contributed by atoms with Crippen LogP contribution in [0.1, 0.15) is 11.4 Å². The van der Waals surface area contributed by atoms with Crippen LogP contribution in [0.25, 0.3) is 33.4 Å². The van der Waals surface area contributed by atoms with Crippen LogP contribution in [0.4, 0.5) is 5.82 Å². The Morgan fingerprint density at radius 3 is 2.64 bits per heavy atom. The summed E-state index contributed by atoms with van der Waals surface area (Å²) < 4.78 is 5.44. The second-order valence-electron chi connectivity index (χ2n) is 7.00. The third-order valence-electron chi connectivity index (χ3n) is 5.21. The molecule has 2 N–H and O–H groups in total. The van der Waals surface area contributed by atoms with E-state index in [-0.39, 0.29) is 0 Å². The average molecular weight is 375 g/mol. The predicted molar refractivity (Wildman–Crippen MR) is 107 cm³/mol. The molecule has 142 valence electrons. The van der Waals surface area contributed by atoms with Gasteiger partial charge >= 0.3 is 0 Å². The Labute approximate surface area is 162 Å². The van der Waals surface area contributed by atoms with E-state index in [1.54, 1.807) is 6.33 Å². The van der Waals surface area contributed by atoms with Crippen LogP contribution in [-0.4, -0.2) is 56.7 Å². The number of nitrogens with one attached hydrogen (secondary N) is 2. The van der Waals surface area contributed by atoms with Gasteiger partial charge in [0.2, 0.25) is 0 Å². The first kappa shape index (κ1) is 16.9. The van der Waals surface area contributed by atoms with E-state index in [1.807, 2.05) is 19.9 Å². The van der Waals surface area contributed by atoms with Crippen molar-refractivity contribution in [3.63, 3.8) is 0 Å². The molecule has 1 saturated heterocycles. The van der Waals surface area contributed by atoms with Gasteiger partial charge in [-0.2, -0.15) is 10.2 Å². The summed E-state index contributed by atoms with van der Waals surface area (Å²) in [5, 5.41) is 16.1. The van der Waals surface area contributed by atoms with Gasteiger partial charge in [-0.05, 0) is 31.5 Å². The standard InChI is InChI=1S/C20H21N7O/c1-12-19(13(2)24-23-12)14-3-4-16-15(9-14)20(26-25-16)17-10-18(22-11-21-17)27-5-7-28-8-6-27/h3-4,9-11H,5-8H2,1-2H3,(H,23,24)(H,25,26). The molecule has 1 aliphatic rings. The number of benzene rings is 1. The molecule has 1 aromatic carbocycles. The average Bonchev–Trinajstić information content (AvgIpc) is 3.31. The maximum atomic E-state index is 5.44. The number of anilines is 1. The predicted octanol–water partition coefficient (Wildman–Crippen LogP) is 2.86. The van der Waals surface area contributed by atoms with Crippen molar-refractivity contribution in [2.24, 2.45) is 0 Å². The van der Waals surface area contributed by atoms with Crippen LogP contribution in [0.15, 0.2) is 30.6 Å². The van der Waals surface area contributed by atoms with Crippen LogP contribution in [0, 0.1) is 13.8 Å². The van der Waals surface area contributed by atoms with Crippen molar-refractivity contribution in [3.05, 3.63) is 42.0 Å². The molecule has 0 saturated carbocycles. The zero-order valence-electron chi connectivity index (χ0n) is 15.9. The minimum atomic E-state index is 0.720. The molecular weight excluding hydrogens is 354 g/mol. The highest BCUT2D eigenvalue weighted by atomic mass is 16.5. The zero-order valence-corrected chi connectivity index (χ0v) is 15.9. The third-order valence-corrected chi connectivity index (χ3v) is 5.21. The van der Waals surface area contributed by atoms with Crippen LogP contribution in [-0.2, 0) is 4.74 Å². The fraction of sp³-hybridized carbons (Fsp3) is 0.300. The lowest BCUT2D eigenvalue weighted by atomic mass is 10.0. The number of hydrogen-bond acceptors (Lipinski definition) is 6. The fourth-order valence-electron chi connectivity index (χ4n) is 3.78. The number of rotatable bonds is 3. The molecule has 0 spiro atoms. The molecule has 1 aliphatic heterocycles. The SMILES string of the molecule is Cc1n[nH]c(C)c1-c1ccc2[nH]nc(-c3cc(N4CCOCC4)ncn3)c2c1. The molecule has 28 heavy (non-hydrogen) atoms. The van der Waals surface area contributed by atoms with E-state index < -0.39 is 0 Å². The molecule has 4 aromatic rings. The summed E-state index contributed by atoms with van der Waals surface area (Å²) in [6.07, 6.45) is 1.61. The first-order valence-corrected chi connectivity index (χ1v) is 9.36. The summed E-state index contributed by atoms with van der Waals surface area (Å²) in [6, 6.07) is 8.29. The second kappa shape index (κ2) is 6.72. The normalized spacial score (nSPS) is 14.7. The molecule has 1 fully saturated rings. The zero-order chi connectivity index (χ0) is 19.1. The Kier molecular flexibility index (Phi) is 4.05. The van der Waals surface area contributed by atoms with Crippen LogP contribution < -0.4 is 4.90 Å². The molecule has 0 atom stereocenters. The van der Waals surface area contributed by atoms with Crippen LogP contribution in [0.2, 0.25) is 0 Å². The largest absolute Gasteiger partial charge is 0.378 e. The highest BCUT2D eigenvalue weighted by Gasteiger charge is 2.17. The van der Waals surface area contributed by atoms with E-state index in [9.17, 15) is 0 Å². The fourth-order valence-corrected chi connectivity index (χ4v) is 3.78. The Morgan fingerprint density at radius 2 is 1.86 bits per heavy atom. The van der Waals surface area contributed by atoms with Gasteiger partial charge in [-0.3, -0.25) is 10.2 Å². The van der Waals surface area contributed by atoms with E-state index >= 15 is 0 Å². The molecule has 3 aromatic heterocycles. The van der Waals surface area contributed by atoms with Gasteiger partial charge in [0.15, 0.2) is 0 Å². The quantitative estimate of drug-likeness (QED) is 0.572. The van der Waals surface area contributed by atoms with Crippen LogP contribution in [0.5, 0.6) is 0 Å². The topological polar surface area (TPSA) is 95.6 Å². The number of ether oxygens (including phenoxy) is 1. The van der Waals surface area contributed by atoms with Gasteiger partial charge < -0.3 is 9.64 Å². The lowest BCUT2D eigenvalue weighted by Crippen LogP contribution is -2.36. The maximum Gasteiger partial charge on any atom is 0.132 e. The first-order valence-electron chi connectivity index (χ1n) is 9.36. The smallest absolute Gasteiger partial charge is 0.132 e. The van der Waals surface area contributed by atoms with E-state index in [1.165, 1.54) is 0 Å². The molecule has 0 amide bonds. The van der Waals surface area contributed by atoms with Crippen LogP contribution >= 0.6 is 0 Å². The van der Waals surface area contributed by atoms with Gasteiger partial charge in [-0.25, -0.2) is 9.97 Å². The van der Waals surface area contributed by atoms with Crippen molar-refractivity contribution >= 4 is 16.7 Å². The molecule has 0 radical (unpaired) electrons. The number of aryl methyl sites for hydroxylation is 2. The molecule has 8 heteroatoms. The van der Waals surface area contributed by atoms with Crippen molar-refractivity contribution in [1.82, 2.24) is 30.4 Å². The summed E-state index contributed by atoms with van der Waals surface area (Å²) in [7, 11) is 0. The number of aromatic amines is 2. The molecule has 0 bridgehead atoms. The van der Waals surface area contributed by atoms with E-state index in [0.29, 0.717) is 0 Å². The monoisotopic (exact) mass is 375 g/mol. The lowest BCUT2D eigenvalue weighted by molar-refractivity contribution is 0.122. The highest BCUT2D eigenvalue weighted by Crippen LogP contribution is 2.32. The molecule has 4 heterocycles. The number of aromatic nitrogens is 6. The number of fused-ring (bicyclic) bond motifs is 1. The Balaban J connectivity index is 1.59. The van der Waals surface area contributed by atoms with Crippen molar-refractivity contribution in [2.75, 3.05) is 31.2 Å². The summed E-state index contributed by atoms with van der Waals surface area (Å²) in [6.45, 7) is 7.16. The maximum absolute atomic E-state index is 5.44. The lowest BCUT2D eigenvalue weighted by Gasteiger charge is -2.27. The van der Waals surface area contributed by atoms with Crippen molar-refractivity contribution < 1.29 is 4.74 Å². The van der Waals surface area contributed by atoms with Gasteiger partial charge in [0.25, 0.3) is 0 Å². The van der Waals surface area contributed by atoms with E-state index in [2.05, 4.69) is 53.5 Å². The van der Waals surface area contributed by atoms with Crippen molar-refractivity contribution in [3.8, 4) is 22.5 Å². The van der Waals surface area contributed by atoms with Gasteiger partial charge in [0.1, 0.15) is 17.8 Å². The van der Waals surface area contributed by atoms with Gasteiger partial charge in [-0.15, -0.1) is 0 Å². The number of H-pyrrole nitrogens is 2. The summed E-state index contributed by atoms with van der Waals surface area (Å²) in [5.41, 5.74) is 6.89. The molecular formula is C20H21N7O. The van der Waals surface area contributed by atoms with E-state index in [0.717, 1.165) is 76.9 Å². The van der Waals surface area contributed by atoms with E-state index in [4.69, 9.17) is 4.74 Å². The summed E-state index contributed by atoms with van der Waals surface area (Å²) in [5.74, 6) is 0.905. The highest BCUT2D eigenvalue weighted by molar-refractivity contribution is 5.95. The number of morpholine rings is 1. The van der Waals surface area contributed by atoms with Gasteiger partial charge in [0.05, 0.1) is 30.1 Å². The minimum Gasteiger partial charge on any atom is -0.378 e. The third kappa shape index (κ3) is 2.82. The molecule has 8 nitrogen and oxygen atoms in total. The van der Waals surface area contributed by atoms with Crippen molar-refractivity contribution in [2.45, 2.75) is 13.8 Å². The Hall–Kier alpha value is -3.26.